The number of carbonyl (C=O) groups is 1. The molecule has 0 aromatic carbocycles. The van der Waals surface area contributed by atoms with Crippen LogP contribution in [-0.4, -0.2) is 23.4 Å². The summed E-state index contributed by atoms with van der Waals surface area (Å²) in [5.74, 6) is 0.183. The predicted octanol–water partition coefficient (Wildman–Crippen LogP) is 1.78. The van der Waals surface area contributed by atoms with Gasteiger partial charge >= 0.3 is 0 Å². The molecule has 1 aliphatic heterocycles. The second-order valence-electron chi connectivity index (χ2n) is 3.71. The lowest BCUT2D eigenvalue weighted by atomic mass is 10.1. The van der Waals surface area contributed by atoms with Crippen molar-refractivity contribution in [1.82, 2.24) is 10.3 Å². The van der Waals surface area contributed by atoms with Gasteiger partial charge in [-0.1, -0.05) is 0 Å². The third-order valence-electron chi connectivity index (χ3n) is 2.45. The minimum Gasteiger partial charge on any atom is -0.314 e. The fourth-order valence-electron chi connectivity index (χ4n) is 1.72. The Kier molecular flexibility index (Phi) is 2.93. The molecule has 0 saturated carbocycles. The van der Waals surface area contributed by atoms with E-state index < -0.39 is 0 Å². The summed E-state index contributed by atoms with van der Waals surface area (Å²) in [6.07, 6.45) is 2.91. The number of hydrogen-bond donors (Lipinski definition) is 1. The molecule has 76 valence electrons. The van der Waals surface area contributed by atoms with Crippen LogP contribution >= 0.6 is 11.3 Å². The lowest BCUT2D eigenvalue weighted by molar-refractivity contribution is 0.0971. The maximum atomic E-state index is 11.7. The summed E-state index contributed by atoms with van der Waals surface area (Å²) in [6.45, 7) is 2.97. The fraction of sp³-hybridized carbons (Fsp3) is 0.600. The topological polar surface area (TPSA) is 42.0 Å². The number of carbonyl (C=O) groups excluding carboxylic acids is 1. The number of nitrogens with one attached hydrogen (secondary N) is 1. The normalized spacial score (nSPS) is 21.4. The number of aryl methyl sites for hydroxylation is 1. The Balaban J connectivity index is 1.95. The number of Topliss-reactive ketones (excluding diaryl/α,β-unsaturated/α-hetero) is 1. The highest BCUT2D eigenvalue weighted by atomic mass is 32.1. The number of ketones is 1. The standard InChI is InChI=1S/C10H14N2OS/c1-7-6-14-10(12-7)9(13)5-8-3-2-4-11-8/h6,8,11H,2-5H2,1H3. The van der Waals surface area contributed by atoms with Crippen LogP contribution in [0.2, 0.25) is 0 Å². The van der Waals surface area contributed by atoms with Crippen molar-refractivity contribution in [2.24, 2.45) is 0 Å². The minimum absolute atomic E-state index is 0.183. The Labute approximate surface area is 87.6 Å². The molecule has 14 heavy (non-hydrogen) atoms. The minimum atomic E-state index is 0.183. The zero-order valence-electron chi connectivity index (χ0n) is 8.25. The van der Waals surface area contributed by atoms with Crippen LogP contribution in [-0.2, 0) is 0 Å². The van der Waals surface area contributed by atoms with Crippen molar-refractivity contribution in [3.05, 3.63) is 16.1 Å². The van der Waals surface area contributed by atoms with Gasteiger partial charge in [0.15, 0.2) is 10.8 Å². The van der Waals surface area contributed by atoms with Crippen LogP contribution in [0.5, 0.6) is 0 Å². The van der Waals surface area contributed by atoms with Gasteiger partial charge < -0.3 is 5.32 Å². The predicted molar refractivity (Wildman–Crippen MR) is 56.8 cm³/mol. The third-order valence-corrected chi connectivity index (χ3v) is 3.45. The summed E-state index contributed by atoms with van der Waals surface area (Å²) in [5, 5.41) is 5.91. The molecule has 1 N–H and O–H groups in total. The number of nitrogens with zero attached hydrogens (tertiary/aromatic N) is 1. The van der Waals surface area contributed by atoms with Gasteiger partial charge in [0.05, 0.1) is 0 Å². The molecule has 0 amide bonds. The number of hydrogen-bond acceptors (Lipinski definition) is 4. The van der Waals surface area contributed by atoms with Gasteiger partial charge in [-0.3, -0.25) is 4.79 Å². The van der Waals surface area contributed by atoms with Crippen LogP contribution in [0.4, 0.5) is 0 Å². The molecular formula is C10H14N2OS. The molecule has 2 rings (SSSR count). The van der Waals surface area contributed by atoms with Gasteiger partial charge in [0, 0.05) is 23.5 Å². The second-order valence-corrected chi connectivity index (χ2v) is 4.57. The van der Waals surface area contributed by atoms with Gasteiger partial charge in [0.25, 0.3) is 0 Å². The molecule has 1 unspecified atom stereocenters. The first-order chi connectivity index (χ1) is 6.75. The van der Waals surface area contributed by atoms with Gasteiger partial charge in [-0.25, -0.2) is 4.98 Å². The maximum absolute atomic E-state index is 11.7. The summed E-state index contributed by atoms with van der Waals surface area (Å²) >= 11 is 1.45. The van der Waals surface area contributed by atoms with Crippen molar-refractivity contribution in [3.63, 3.8) is 0 Å². The van der Waals surface area contributed by atoms with Crippen molar-refractivity contribution in [2.75, 3.05) is 6.54 Å². The number of thiazole rings is 1. The second kappa shape index (κ2) is 4.19. The van der Waals surface area contributed by atoms with E-state index in [1.807, 2.05) is 12.3 Å². The average Bonchev–Trinajstić information content (AvgIpc) is 2.75. The largest absolute Gasteiger partial charge is 0.314 e. The van der Waals surface area contributed by atoms with Crippen molar-refractivity contribution < 1.29 is 4.79 Å². The first kappa shape index (κ1) is 9.80. The Bertz CT molecular complexity index is 329. The smallest absolute Gasteiger partial charge is 0.192 e. The highest BCUT2D eigenvalue weighted by Crippen LogP contribution is 2.15. The van der Waals surface area contributed by atoms with Crippen molar-refractivity contribution >= 4 is 17.1 Å². The molecule has 0 aliphatic carbocycles. The van der Waals surface area contributed by atoms with E-state index >= 15 is 0 Å². The quantitative estimate of drug-likeness (QED) is 0.773. The van der Waals surface area contributed by atoms with Crippen LogP contribution in [0.1, 0.15) is 34.8 Å². The van der Waals surface area contributed by atoms with E-state index in [4.69, 9.17) is 0 Å². The van der Waals surface area contributed by atoms with Gasteiger partial charge in [-0.05, 0) is 26.3 Å². The lowest BCUT2D eigenvalue weighted by Gasteiger charge is -2.06. The van der Waals surface area contributed by atoms with Gasteiger partial charge in [-0.2, -0.15) is 0 Å². The lowest BCUT2D eigenvalue weighted by Crippen LogP contribution is -2.24. The van der Waals surface area contributed by atoms with E-state index in [2.05, 4.69) is 10.3 Å². The van der Waals surface area contributed by atoms with Crippen LogP contribution in [0.15, 0.2) is 5.38 Å². The Morgan fingerprint density at radius 2 is 2.64 bits per heavy atom. The molecule has 1 aromatic rings. The Morgan fingerprint density at radius 1 is 1.79 bits per heavy atom. The van der Waals surface area contributed by atoms with E-state index in [-0.39, 0.29) is 5.78 Å². The zero-order valence-corrected chi connectivity index (χ0v) is 9.06. The molecule has 0 bridgehead atoms. The summed E-state index contributed by atoms with van der Waals surface area (Å²) in [5.41, 5.74) is 0.942. The van der Waals surface area contributed by atoms with E-state index in [0.717, 1.165) is 18.7 Å². The summed E-state index contributed by atoms with van der Waals surface area (Å²) in [6, 6.07) is 0.381. The molecule has 3 nitrogen and oxygen atoms in total. The number of aromatic nitrogens is 1. The molecule has 1 aromatic heterocycles. The van der Waals surface area contributed by atoms with E-state index in [1.165, 1.54) is 17.8 Å². The molecule has 1 fully saturated rings. The summed E-state index contributed by atoms with van der Waals surface area (Å²) < 4.78 is 0. The molecule has 4 heteroatoms. The van der Waals surface area contributed by atoms with Crippen LogP contribution in [0.3, 0.4) is 0 Å². The molecule has 1 atom stereocenters. The maximum Gasteiger partial charge on any atom is 0.192 e. The molecule has 0 spiro atoms. The molecular weight excluding hydrogens is 196 g/mol. The highest BCUT2D eigenvalue weighted by Gasteiger charge is 2.19. The Morgan fingerprint density at radius 3 is 3.21 bits per heavy atom. The van der Waals surface area contributed by atoms with Gasteiger partial charge in [0.2, 0.25) is 0 Å². The highest BCUT2D eigenvalue weighted by molar-refractivity contribution is 7.11. The van der Waals surface area contributed by atoms with E-state index in [1.54, 1.807) is 0 Å². The van der Waals surface area contributed by atoms with Crippen LogP contribution < -0.4 is 5.32 Å². The van der Waals surface area contributed by atoms with E-state index in [9.17, 15) is 4.79 Å². The zero-order chi connectivity index (χ0) is 9.97. The molecule has 1 aliphatic rings. The monoisotopic (exact) mass is 210 g/mol. The molecule has 0 radical (unpaired) electrons. The van der Waals surface area contributed by atoms with Gasteiger partial charge in [0.1, 0.15) is 0 Å². The Hall–Kier alpha value is -0.740. The van der Waals surface area contributed by atoms with Gasteiger partial charge in [-0.15, -0.1) is 11.3 Å². The molecule has 2 heterocycles. The van der Waals surface area contributed by atoms with Crippen LogP contribution in [0.25, 0.3) is 0 Å². The fourth-order valence-corrected chi connectivity index (χ4v) is 2.47. The van der Waals surface area contributed by atoms with Crippen molar-refractivity contribution in [3.8, 4) is 0 Å². The van der Waals surface area contributed by atoms with E-state index in [0.29, 0.717) is 17.5 Å². The third kappa shape index (κ3) is 2.19. The molecule has 1 saturated heterocycles. The van der Waals surface area contributed by atoms with Crippen molar-refractivity contribution in [1.29, 1.82) is 0 Å². The summed E-state index contributed by atoms with van der Waals surface area (Å²) in [7, 11) is 0. The number of rotatable bonds is 3. The van der Waals surface area contributed by atoms with Crippen LogP contribution in [0, 0.1) is 6.92 Å². The van der Waals surface area contributed by atoms with Crippen molar-refractivity contribution in [2.45, 2.75) is 32.2 Å². The first-order valence-electron chi connectivity index (χ1n) is 4.94. The first-order valence-corrected chi connectivity index (χ1v) is 5.82. The SMILES string of the molecule is Cc1csc(C(=O)CC2CCCN2)n1. The summed E-state index contributed by atoms with van der Waals surface area (Å²) in [4.78, 5) is 15.9. The average molecular weight is 210 g/mol.